The third-order valence-electron chi connectivity index (χ3n) is 3.45. The highest BCUT2D eigenvalue weighted by Crippen LogP contribution is 2.28. The SMILES string of the molecule is CC1(C)CN(C(CN)c2ccc(F)c(Cl)c2)CCO1. The Morgan fingerprint density at radius 1 is 1.53 bits per heavy atom. The Labute approximate surface area is 118 Å². The standard InChI is InChI=1S/C14H20ClFN2O/c1-14(2)9-18(5-6-19-14)13(8-17)10-3-4-12(16)11(15)7-10/h3-4,7,13H,5-6,8-9,17H2,1-2H3. The fourth-order valence-electron chi connectivity index (χ4n) is 2.53. The van der Waals surface area contributed by atoms with E-state index in [2.05, 4.69) is 18.7 Å². The fraction of sp³-hybridized carbons (Fsp3) is 0.571. The highest BCUT2D eigenvalue weighted by atomic mass is 35.5. The number of ether oxygens (including phenoxy) is 1. The van der Waals surface area contributed by atoms with Crippen LogP contribution in [0.1, 0.15) is 25.5 Å². The molecule has 19 heavy (non-hydrogen) atoms. The smallest absolute Gasteiger partial charge is 0.141 e. The Kier molecular flexibility index (Phi) is 4.46. The molecule has 3 nitrogen and oxygen atoms in total. The third-order valence-corrected chi connectivity index (χ3v) is 3.74. The highest BCUT2D eigenvalue weighted by Gasteiger charge is 2.31. The van der Waals surface area contributed by atoms with Gasteiger partial charge in [0.25, 0.3) is 0 Å². The van der Waals surface area contributed by atoms with Crippen LogP contribution in [0.15, 0.2) is 18.2 Å². The predicted octanol–water partition coefficient (Wildman–Crippen LogP) is 2.59. The number of benzene rings is 1. The minimum Gasteiger partial charge on any atom is -0.373 e. The third kappa shape index (κ3) is 3.45. The van der Waals surface area contributed by atoms with Gasteiger partial charge in [-0.1, -0.05) is 17.7 Å². The first-order valence-corrected chi connectivity index (χ1v) is 6.84. The molecule has 1 aromatic rings. The maximum Gasteiger partial charge on any atom is 0.141 e. The van der Waals surface area contributed by atoms with E-state index < -0.39 is 5.82 Å². The van der Waals surface area contributed by atoms with Crippen molar-refractivity contribution in [2.75, 3.05) is 26.2 Å². The molecule has 5 heteroatoms. The van der Waals surface area contributed by atoms with Crippen LogP contribution in [0.25, 0.3) is 0 Å². The van der Waals surface area contributed by atoms with Gasteiger partial charge in [-0.05, 0) is 31.5 Å². The molecule has 2 N–H and O–H groups in total. The number of nitrogens with zero attached hydrogens (tertiary/aromatic N) is 1. The molecule has 1 unspecified atom stereocenters. The van der Waals surface area contributed by atoms with E-state index in [1.54, 1.807) is 12.1 Å². The van der Waals surface area contributed by atoms with Crippen molar-refractivity contribution in [3.8, 4) is 0 Å². The van der Waals surface area contributed by atoms with Crippen LogP contribution in [0.5, 0.6) is 0 Å². The van der Waals surface area contributed by atoms with E-state index >= 15 is 0 Å². The largest absolute Gasteiger partial charge is 0.373 e. The van der Waals surface area contributed by atoms with Gasteiger partial charge >= 0.3 is 0 Å². The van der Waals surface area contributed by atoms with Crippen LogP contribution in [0.3, 0.4) is 0 Å². The summed E-state index contributed by atoms with van der Waals surface area (Å²) in [4.78, 5) is 2.27. The van der Waals surface area contributed by atoms with Gasteiger partial charge in [-0.15, -0.1) is 0 Å². The predicted molar refractivity (Wildman–Crippen MR) is 74.8 cm³/mol. The molecular weight excluding hydrogens is 267 g/mol. The Bertz CT molecular complexity index is 453. The first-order valence-electron chi connectivity index (χ1n) is 6.46. The van der Waals surface area contributed by atoms with Crippen molar-refractivity contribution in [2.24, 2.45) is 5.73 Å². The van der Waals surface area contributed by atoms with E-state index in [9.17, 15) is 4.39 Å². The zero-order chi connectivity index (χ0) is 14.0. The second kappa shape index (κ2) is 5.75. The summed E-state index contributed by atoms with van der Waals surface area (Å²) >= 11 is 5.85. The number of hydrogen-bond acceptors (Lipinski definition) is 3. The molecule has 0 radical (unpaired) electrons. The van der Waals surface area contributed by atoms with Crippen molar-refractivity contribution >= 4 is 11.6 Å². The Hall–Kier alpha value is -0.680. The van der Waals surface area contributed by atoms with E-state index in [0.29, 0.717) is 13.2 Å². The molecule has 0 aromatic heterocycles. The summed E-state index contributed by atoms with van der Waals surface area (Å²) in [6, 6.07) is 4.85. The van der Waals surface area contributed by atoms with Crippen LogP contribution in [0.2, 0.25) is 5.02 Å². The van der Waals surface area contributed by atoms with Crippen molar-refractivity contribution in [3.63, 3.8) is 0 Å². The van der Waals surface area contributed by atoms with Gasteiger partial charge in [0, 0.05) is 25.7 Å². The summed E-state index contributed by atoms with van der Waals surface area (Å²) in [5.74, 6) is -0.400. The highest BCUT2D eigenvalue weighted by molar-refractivity contribution is 6.30. The number of rotatable bonds is 3. The first-order chi connectivity index (χ1) is 8.93. The van der Waals surface area contributed by atoms with Crippen LogP contribution in [-0.4, -0.2) is 36.7 Å². The molecule has 0 amide bonds. The lowest BCUT2D eigenvalue weighted by atomic mass is 10.0. The van der Waals surface area contributed by atoms with Crippen molar-refractivity contribution in [1.82, 2.24) is 4.90 Å². The van der Waals surface area contributed by atoms with Gasteiger partial charge in [-0.2, -0.15) is 0 Å². The topological polar surface area (TPSA) is 38.5 Å². The molecular formula is C14H20ClFN2O. The molecule has 1 aromatic carbocycles. The van der Waals surface area contributed by atoms with Gasteiger partial charge in [0.2, 0.25) is 0 Å². The molecule has 0 spiro atoms. The Balaban J connectivity index is 2.21. The molecule has 1 fully saturated rings. The zero-order valence-electron chi connectivity index (χ0n) is 11.3. The van der Waals surface area contributed by atoms with Crippen molar-refractivity contribution < 1.29 is 9.13 Å². The second-order valence-electron chi connectivity index (χ2n) is 5.50. The fourth-order valence-corrected chi connectivity index (χ4v) is 2.72. The first kappa shape index (κ1) is 14.7. The van der Waals surface area contributed by atoms with Crippen molar-refractivity contribution in [1.29, 1.82) is 0 Å². The maximum absolute atomic E-state index is 13.2. The lowest BCUT2D eigenvalue weighted by Crippen LogP contribution is -2.50. The molecule has 1 saturated heterocycles. The lowest BCUT2D eigenvalue weighted by Gasteiger charge is -2.42. The van der Waals surface area contributed by atoms with E-state index in [1.165, 1.54) is 6.07 Å². The van der Waals surface area contributed by atoms with Crippen molar-refractivity contribution in [3.05, 3.63) is 34.6 Å². The van der Waals surface area contributed by atoms with E-state index in [-0.39, 0.29) is 16.7 Å². The van der Waals surface area contributed by atoms with E-state index in [0.717, 1.165) is 18.7 Å². The average Bonchev–Trinajstić information content (AvgIpc) is 2.33. The molecule has 0 aliphatic carbocycles. The monoisotopic (exact) mass is 286 g/mol. The van der Waals surface area contributed by atoms with E-state index in [4.69, 9.17) is 22.1 Å². The summed E-state index contributed by atoms with van der Waals surface area (Å²) in [6.45, 7) is 6.88. The molecule has 0 bridgehead atoms. The molecule has 1 aliphatic heterocycles. The second-order valence-corrected chi connectivity index (χ2v) is 5.91. The van der Waals surface area contributed by atoms with Crippen LogP contribution >= 0.6 is 11.6 Å². The van der Waals surface area contributed by atoms with Gasteiger partial charge in [0.15, 0.2) is 0 Å². The molecule has 1 atom stereocenters. The van der Waals surface area contributed by atoms with Gasteiger partial charge < -0.3 is 10.5 Å². The molecule has 0 saturated carbocycles. The molecule has 1 heterocycles. The number of nitrogens with two attached hydrogens (primary N) is 1. The van der Waals surface area contributed by atoms with Crippen LogP contribution < -0.4 is 5.73 Å². The molecule has 106 valence electrons. The minimum absolute atomic E-state index is 0.0428. The number of hydrogen-bond donors (Lipinski definition) is 1. The summed E-state index contributed by atoms with van der Waals surface area (Å²) < 4.78 is 18.9. The number of morpholine rings is 1. The Morgan fingerprint density at radius 3 is 2.84 bits per heavy atom. The van der Waals surface area contributed by atoms with E-state index in [1.807, 2.05) is 0 Å². The summed E-state index contributed by atoms with van der Waals surface area (Å²) in [6.07, 6.45) is 0. The van der Waals surface area contributed by atoms with Gasteiger partial charge in [0.1, 0.15) is 5.82 Å². The van der Waals surface area contributed by atoms with Gasteiger partial charge in [-0.25, -0.2) is 4.39 Å². The van der Waals surface area contributed by atoms with Gasteiger partial charge in [0.05, 0.1) is 17.2 Å². The lowest BCUT2D eigenvalue weighted by molar-refractivity contribution is -0.0967. The summed E-state index contributed by atoms with van der Waals surface area (Å²) in [5, 5.41) is 0.142. The van der Waals surface area contributed by atoms with Crippen LogP contribution in [0, 0.1) is 5.82 Å². The molecule has 1 aliphatic rings. The maximum atomic E-state index is 13.2. The minimum atomic E-state index is -0.400. The number of halogens is 2. The van der Waals surface area contributed by atoms with Crippen molar-refractivity contribution in [2.45, 2.75) is 25.5 Å². The average molecular weight is 287 g/mol. The van der Waals surface area contributed by atoms with Gasteiger partial charge in [-0.3, -0.25) is 4.90 Å². The van der Waals surface area contributed by atoms with Crippen LogP contribution in [0.4, 0.5) is 4.39 Å². The van der Waals surface area contributed by atoms with Crippen LogP contribution in [-0.2, 0) is 4.74 Å². The summed E-state index contributed by atoms with van der Waals surface area (Å²) in [5.41, 5.74) is 6.66. The Morgan fingerprint density at radius 2 is 2.26 bits per heavy atom. The molecule has 2 rings (SSSR count). The zero-order valence-corrected chi connectivity index (χ0v) is 12.1. The quantitative estimate of drug-likeness (QED) is 0.928. The normalized spacial score (nSPS) is 21.3. The summed E-state index contributed by atoms with van der Waals surface area (Å²) in [7, 11) is 0.